The summed E-state index contributed by atoms with van der Waals surface area (Å²) in [6.07, 6.45) is 0. The lowest BCUT2D eigenvalue weighted by Crippen LogP contribution is -2.33. The first kappa shape index (κ1) is 19.9. The summed E-state index contributed by atoms with van der Waals surface area (Å²) in [5, 5.41) is 2.90. The number of nitrogens with zero attached hydrogens (tertiary/aromatic N) is 1. The number of nitrogens with one attached hydrogen (secondary N) is 1. The highest BCUT2D eigenvalue weighted by atomic mass is 79.9. The van der Waals surface area contributed by atoms with Crippen molar-refractivity contribution in [2.24, 2.45) is 0 Å². The minimum atomic E-state index is -3.71. The quantitative estimate of drug-likeness (QED) is 0.742. The standard InChI is InChI=1S/C17H18BrClN2O3S/c1-11(2)21(3)25(23,24)12-8-9-15(19)13(10-12)17(22)20-16-7-5-4-6-14(16)18/h4-11H,1-3H3,(H,20,22). The molecule has 25 heavy (non-hydrogen) atoms. The highest BCUT2D eigenvalue weighted by Gasteiger charge is 2.25. The van der Waals surface area contributed by atoms with Crippen molar-refractivity contribution in [3.63, 3.8) is 0 Å². The number of hydrogen-bond donors (Lipinski definition) is 1. The molecule has 134 valence electrons. The summed E-state index contributed by atoms with van der Waals surface area (Å²) >= 11 is 9.46. The molecule has 0 atom stereocenters. The predicted octanol–water partition coefficient (Wildman–Crippen LogP) is 4.38. The van der Waals surface area contributed by atoms with Crippen molar-refractivity contribution >= 4 is 49.1 Å². The first-order valence-corrected chi connectivity index (χ1v) is 10.1. The maximum Gasteiger partial charge on any atom is 0.257 e. The molecule has 0 fully saturated rings. The van der Waals surface area contributed by atoms with E-state index in [2.05, 4.69) is 21.2 Å². The molecule has 1 N–H and O–H groups in total. The number of carbonyl (C=O) groups excluding carboxylic acids is 1. The van der Waals surface area contributed by atoms with Gasteiger partial charge in [-0.05, 0) is 60.1 Å². The van der Waals surface area contributed by atoms with Gasteiger partial charge in [-0.3, -0.25) is 4.79 Å². The molecule has 0 bridgehead atoms. The van der Waals surface area contributed by atoms with Crippen LogP contribution < -0.4 is 5.32 Å². The molecule has 0 radical (unpaired) electrons. The van der Waals surface area contributed by atoms with Gasteiger partial charge >= 0.3 is 0 Å². The van der Waals surface area contributed by atoms with Crippen LogP contribution in [0.15, 0.2) is 51.8 Å². The Bertz CT molecular complexity index is 901. The van der Waals surface area contributed by atoms with Crippen LogP contribution in [0.5, 0.6) is 0 Å². The van der Waals surface area contributed by atoms with Crippen LogP contribution in [0.1, 0.15) is 24.2 Å². The van der Waals surface area contributed by atoms with Gasteiger partial charge in [0.25, 0.3) is 5.91 Å². The van der Waals surface area contributed by atoms with Crippen LogP contribution in [0.25, 0.3) is 0 Å². The molecule has 1 amide bonds. The average molecular weight is 446 g/mol. The Morgan fingerprint density at radius 3 is 2.44 bits per heavy atom. The number of carbonyl (C=O) groups is 1. The summed E-state index contributed by atoms with van der Waals surface area (Å²) in [5.41, 5.74) is 0.659. The smallest absolute Gasteiger partial charge is 0.257 e. The van der Waals surface area contributed by atoms with Gasteiger partial charge in [-0.25, -0.2) is 8.42 Å². The van der Waals surface area contributed by atoms with E-state index in [4.69, 9.17) is 11.6 Å². The zero-order valence-electron chi connectivity index (χ0n) is 14.0. The van der Waals surface area contributed by atoms with E-state index in [1.54, 1.807) is 32.0 Å². The Balaban J connectivity index is 2.40. The van der Waals surface area contributed by atoms with Crippen LogP contribution in [-0.4, -0.2) is 31.7 Å². The number of amides is 1. The second-order valence-electron chi connectivity index (χ2n) is 5.69. The van der Waals surface area contributed by atoms with Gasteiger partial charge in [0.05, 0.1) is 21.2 Å². The minimum Gasteiger partial charge on any atom is -0.321 e. The number of hydrogen-bond acceptors (Lipinski definition) is 3. The molecule has 0 aliphatic rings. The van der Waals surface area contributed by atoms with Crippen molar-refractivity contribution in [2.45, 2.75) is 24.8 Å². The highest BCUT2D eigenvalue weighted by molar-refractivity contribution is 9.10. The van der Waals surface area contributed by atoms with Crippen LogP contribution in [0.2, 0.25) is 5.02 Å². The predicted molar refractivity (Wildman–Crippen MR) is 104 cm³/mol. The number of benzene rings is 2. The molecule has 0 saturated heterocycles. The number of rotatable bonds is 5. The van der Waals surface area contributed by atoms with E-state index in [1.807, 2.05) is 6.07 Å². The molecular formula is C17H18BrClN2O3S. The molecule has 5 nitrogen and oxygen atoms in total. The fourth-order valence-electron chi connectivity index (χ4n) is 2.03. The molecule has 0 heterocycles. The molecular weight excluding hydrogens is 428 g/mol. The molecule has 0 aliphatic heterocycles. The highest BCUT2D eigenvalue weighted by Crippen LogP contribution is 2.26. The van der Waals surface area contributed by atoms with E-state index in [-0.39, 0.29) is 21.5 Å². The van der Waals surface area contributed by atoms with E-state index in [0.29, 0.717) is 10.2 Å². The summed E-state index contributed by atoms with van der Waals surface area (Å²) < 4.78 is 27.2. The van der Waals surface area contributed by atoms with Gasteiger partial charge in [0.2, 0.25) is 10.0 Å². The third kappa shape index (κ3) is 4.41. The zero-order valence-corrected chi connectivity index (χ0v) is 17.1. The third-order valence-electron chi connectivity index (χ3n) is 3.71. The maximum atomic E-state index is 12.6. The molecule has 0 aliphatic carbocycles. The monoisotopic (exact) mass is 444 g/mol. The second-order valence-corrected chi connectivity index (χ2v) is 8.95. The van der Waals surface area contributed by atoms with Gasteiger partial charge in [-0.1, -0.05) is 23.7 Å². The summed E-state index contributed by atoms with van der Waals surface area (Å²) in [5.74, 6) is -0.485. The first-order chi connectivity index (χ1) is 11.6. The van der Waals surface area contributed by atoms with Gasteiger partial charge < -0.3 is 5.32 Å². The molecule has 0 aromatic heterocycles. The van der Waals surface area contributed by atoms with Gasteiger partial charge in [-0.15, -0.1) is 0 Å². The van der Waals surface area contributed by atoms with E-state index in [1.165, 1.54) is 29.6 Å². The molecule has 2 rings (SSSR count). The zero-order chi connectivity index (χ0) is 18.8. The van der Waals surface area contributed by atoms with Crippen LogP contribution >= 0.6 is 27.5 Å². The summed E-state index contributed by atoms with van der Waals surface area (Å²) in [4.78, 5) is 12.6. The number of para-hydroxylation sites is 1. The molecule has 0 spiro atoms. The van der Waals surface area contributed by atoms with E-state index >= 15 is 0 Å². The SMILES string of the molecule is CC(C)N(C)S(=O)(=O)c1ccc(Cl)c(C(=O)Nc2ccccc2Br)c1. The summed E-state index contributed by atoms with van der Waals surface area (Å²) in [6, 6.07) is 11.0. The van der Waals surface area contributed by atoms with Gasteiger partial charge in [0.1, 0.15) is 0 Å². The van der Waals surface area contributed by atoms with Crippen molar-refractivity contribution in [1.82, 2.24) is 4.31 Å². The van der Waals surface area contributed by atoms with Gasteiger partial charge in [-0.2, -0.15) is 4.31 Å². The van der Waals surface area contributed by atoms with E-state index < -0.39 is 15.9 Å². The Morgan fingerprint density at radius 2 is 1.84 bits per heavy atom. The lowest BCUT2D eigenvalue weighted by atomic mass is 10.2. The van der Waals surface area contributed by atoms with Crippen molar-refractivity contribution in [3.05, 3.63) is 57.5 Å². The van der Waals surface area contributed by atoms with Crippen LogP contribution in [0.3, 0.4) is 0 Å². The Hall–Kier alpha value is -1.41. The van der Waals surface area contributed by atoms with Crippen molar-refractivity contribution in [3.8, 4) is 0 Å². The molecule has 2 aromatic carbocycles. The van der Waals surface area contributed by atoms with Crippen LogP contribution in [0.4, 0.5) is 5.69 Å². The second kappa shape index (κ2) is 7.86. The Labute approximate surface area is 161 Å². The maximum absolute atomic E-state index is 12.6. The topological polar surface area (TPSA) is 66.5 Å². The molecule has 2 aromatic rings. The van der Waals surface area contributed by atoms with Crippen LogP contribution in [-0.2, 0) is 10.0 Å². The number of sulfonamides is 1. The summed E-state index contributed by atoms with van der Waals surface area (Å²) in [7, 11) is -2.21. The van der Waals surface area contributed by atoms with Crippen LogP contribution in [0, 0.1) is 0 Å². The largest absolute Gasteiger partial charge is 0.321 e. The van der Waals surface area contributed by atoms with Crippen molar-refractivity contribution in [2.75, 3.05) is 12.4 Å². The lowest BCUT2D eigenvalue weighted by molar-refractivity contribution is 0.102. The fraction of sp³-hybridized carbons (Fsp3) is 0.235. The molecule has 0 saturated carbocycles. The lowest BCUT2D eigenvalue weighted by Gasteiger charge is -2.21. The fourth-order valence-corrected chi connectivity index (χ4v) is 4.02. The number of halogens is 2. The Kier molecular flexibility index (Phi) is 6.26. The van der Waals surface area contributed by atoms with Gasteiger partial charge in [0.15, 0.2) is 0 Å². The Morgan fingerprint density at radius 1 is 1.20 bits per heavy atom. The van der Waals surface area contributed by atoms with Gasteiger partial charge in [0, 0.05) is 17.6 Å². The molecule has 0 unspecified atom stereocenters. The first-order valence-electron chi connectivity index (χ1n) is 7.48. The van der Waals surface area contributed by atoms with E-state index in [9.17, 15) is 13.2 Å². The normalized spacial score (nSPS) is 11.8. The average Bonchev–Trinajstić information content (AvgIpc) is 2.56. The van der Waals surface area contributed by atoms with Crippen molar-refractivity contribution in [1.29, 1.82) is 0 Å². The minimum absolute atomic E-state index is 0.0189. The summed E-state index contributed by atoms with van der Waals surface area (Å²) in [6.45, 7) is 3.54. The number of anilines is 1. The molecule has 8 heteroatoms. The van der Waals surface area contributed by atoms with Crippen molar-refractivity contribution < 1.29 is 13.2 Å². The van der Waals surface area contributed by atoms with E-state index in [0.717, 1.165) is 0 Å². The third-order valence-corrected chi connectivity index (χ3v) is 6.76.